The highest BCUT2D eigenvalue weighted by Gasteiger charge is 2.13. The van der Waals surface area contributed by atoms with Crippen LogP contribution in [0.1, 0.15) is 167 Å². The average molecular weight is 748 g/mol. The molecule has 1 aromatic carbocycles. The van der Waals surface area contributed by atoms with Crippen molar-refractivity contribution in [2.75, 3.05) is 84.6 Å². The van der Waals surface area contributed by atoms with Crippen LogP contribution in [0.2, 0.25) is 0 Å². The minimum Gasteiger partial charge on any atom is -0.464 e. The quantitative estimate of drug-likeness (QED) is 0.0629. The molecule has 2 heterocycles. The number of benzene rings is 1. The Morgan fingerprint density at radius 2 is 0.943 bits per heavy atom. The van der Waals surface area contributed by atoms with Gasteiger partial charge in [-0.3, -0.25) is 19.4 Å². The van der Waals surface area contributed by atoms with Crippen LogP contribution >= 0.6 is 0 Å². The molecule has 2 aliphatic rings. The summed E-state index contributed by atoms with van der Waals surface area (Å²) in [6, 6.07) is 6.33. The third-order valence-electron chi connectivity index (χ3n) is 9.94. The van der Waals surface area contributed by atoms with Crippen molar-refractivity contribution in [3.63, 3.8) is 0 Å². The van der Waals surface area contributed by atoms with Gasteiger partial charge in [0.1, 0.15) is 13.2 Å². The third-order valence-corrected chi connectivity index (χ3v) is 9.94. The van der Waals surface area contributed by atoms with Crippen LogP contribution in [-0.2, 0) is 28.5 Å². The van der Waals surface area contributed by atoms with Crippen LogP contribution in [0.15, 0.2) is 18.2 Å². The number of carbonyl (C=O) groups excluding carboxylic acids is 2. The maximum atomic E-state index is 11.6. The molecule has 0 unspecified atom stereocenters. The minimum absolute atomic E-state index is 0.0313. The van der Waals surface area contributed by atoms with Gasteiger partial charge < -0.3 is 24.7 Å². The molecule has 2 N–H and O–H groups in total. The molecule has 53 heavy (non-hydrogen) atoms. The van der Waals surface area contributed by atoms with E-state index in [0.717, 1.165) is 97.1 Å². The van der Waals surface area contributed by atoms with E-state index in [0.29, 0.717) is 37.9 Å². The van der Waals surface area contributed by atoms with Gasteiger partial charge in [0, 0.05) is 57.8 Å². The van der Waals surface area contributed by atoms with E-state index >= 15 is 0 Å². The van der Waals surface area contributed by atoms with Crippen LogP contribution in [-0.4, -0.2) is 101 Å². The molecule has 2 fully saturated rings. The number of unbranched alkanes of at least 4 members (excludes halogenated alkanes) is 12. The number of nitrogen functional groups attached to an aromatic ring is 1. The van der Waals surface area contributed by atoms with Crippen molar-refractivity contribution in [2.45, 2.75) is 156 Å². The third kappa shape index (κ3) is 26.3. The summed E-state index contributed by atoms with van der Waals surface area (Å²) in [7, 11) is 0. The van der Waals surface area contributed by atoms with Crippen LogP contribution < -0.4 is 5.73 Å². The van der Waals surface area contributed by atoms with Gasteiger partial charge in [0.05, 0.1) is 26.4 Å². The van der Waals surface area contributed by atoms with Gasteiger partial charge in [-0.2, -0.15) is 0 Å². The second kappa shape index (κ2) is 33.2. The second-order valence-electron chi connectivity index (χ2n) is 15.3. The van der Waals surface area contributed by atoms with Gasteiger partial charge >= 0.3 is 11.9 Å². The first-order valence-electron chi connectivity index (χ1n) is 21.5. The summed E-state index contributed by atoms with van der Waals surface area (Å²) in [5, 5.41) is 0. The molecular weight excluding hydrogens is 666 g/mol. The minimum atomic E-state index is -0.0419. The molecule has 1 aromatic rings. The number of nitrogens with two attached hydrogens (primary N) is 1. The number of morpholine rings is 2. The van der Waals surface area contributed by atoms with E-state index in [9.17, 15) is 9.59 Å². The van der Waals surface area contributed by atoms with E-state index in [2.05, 4.69) is 69.5 Å². The molecule has 0 radical (unpaired) electrons. The smallest absolute Gasteiger partial charge is 0.305 e. The second-order valence-corrected chi connectivity index (χ2v) is 15.3. The standard InChI is InChI=1S/C18H35NO3.C14H27NO3.C12H19N/c1-2-3-4-5-6-7-8-9-10-11-18(20)22-17-14-19-12-15-21-16-13-19;1-2-3-4-5-6-7-14(16)18-13-10-15-8-11-17-12-9-15;1-8(2)10-6-5-7-11(9(3)4)12(10)13/h2-17H2,1H3;2-13H2,1H3;5-9H,13H2,1-4H3. The zero-order chi connectivity index (χ0) is 38.9. The topological polar surface area (TPSA) is 104 Å². The monoisotopic (exact) mass is 748 g/mol. The van der Waals surface area contributed by atoms with E-state index in [-0.39, 0.29) is 11.9 Å². The number of carbonyl (C=O) groups is 2. The largest absolute Gasteiger partial charge is 0.464 e. The molecule has 0 aromatic heterocycles. The van der Waals surface area contributed by atoms with Gasteiger partial charge in [0.15, 0.2) is 0 Å². The van der Waals surface area contributed by atoms with E-state index in [1.807, 2.05) is 0 Å². The fourth-order valence-corrected chi connectivity index (χ4v) is 6.43. The molecule has 308 valence electrons. The molecule has 0 spiro atoms. The molecule has 2 saturated heterocycles. The Bertz CT molecular complexity index is 998. The van der Waals surface area contributed by atoms with E-state index in [1.165, 1.54) is 75.3 Å². The highest BCUT2D eigenvalue weighted by atomic mass is 16.5. The van der Waals surface area contributed by atoms with E-state index in [1.54, 1.807) is 0 Å². The lowest BCUT2D eigenvalue weighted by Gasteiger charge is -2.26. The number of anilines is 1. The predicted molar refractivity (Wildman–Crippen MR) is 221 cm³/mol. The Hall–Kier alpha value is -2.20. The van der Waals surface area contributed by atoms with Crippen molar-refractivity contribution in [1.82, 2.24) is 9.80 Å². The number of ether oxygens (including phenoxy) is 4. The molecule has 9 nitrogen and oxygen atoms in total. The lowest BCUT2D eigenvalue weighted by Crippen LogP contribution is -2.38. The highest BCUT2D eigenvalue weighted by Crippen LogP contribution is 2.29. The van der Waals surface area contributed by atoms with E-state index in [4.69, 9.17) is 24.7 Å². The first-order valence-corrected chi connectivity index (χ1v) is 21.5. The average Bonchev–Trinajstić information content (AvgIpc) is 3.15. The number of esters is 2. The Morgan fingerprint density at radius 3 is 1.28 bits per heavy atom. The Kier molecular flexibility index (Phi) is 30.5. The van der Waals surface area contributed by atoms with Gasteiger partial charge in [0.25, 0.3) is 0 Å². The molecular formula is C44H81N3O6. The summed E-state index contributed by atoms with van der Waals surface area (Å²) < 4.78 is 21.1. The number of rotatable bonds is 24. The predicted octanol–water partition coefficient (Wildman–Crippen LogP) is 9.52. The summed E-state index contributed by atoms with van der Waals surface area (Å²) in [5.74, 6) is 0.952. The summed E-state index contributed by atoms with van der Waals surface area (Å²) >= 11 is 0. The fraction of sp³-hybridized carbons (Fsp3) is 0.818. The van der Waals surface area contributed by atoms with Gasteiger partial charge in [-0.25, -0.2) is 0 Å². The SMILES string of the molecule is CC(C)c1cccc(C(C)C)c1N.CCCCCCCC(=O)OCCN1CCOCC1.CCCCCCCCCCCC(=O)OCCN1CCOCC1. The number of para-hydroxylation sites is 1. The lowest BCUT2D eigenvalue weighted by atomic mass is 9.93. The maximum absolute atomic E-state index is 11.6. The number of hydrogen-bond donors (Lipinski definition) is 1. The molecule has 0 atom stereocenters. The highest BCUT2D eigenvalue weighted by molar-refractivity contribution is 5.69. The summed E-state index contributed by atoms with van der Waals surface area (Å²) in [6.45, 7) is 22.9. The first-order chi connectivity index (χ1) is 25.7. The first kappa shape index (κ1) is 48.8. The van der Waals surface area contributed by atoms with Crippen LogP contribution in [0.25, 0.3) is 0 Å². The summed E-state index contributed by atoms with van der Waals surface area (Å²) in [6.07, 6.45) is 18.5. The van der Waals surface area contributed by atoms with Crippen LogP contribution in [0.4, 0.5) is 5.69 Å². The van der Waals surface area contributed by atoms with Gasteiger partial charge in [-0.15, -0.1) is 0 Å². The zero-order valence-corrected chi connectivity index (χ0v) is 35.1. The van der Waals surface area contributed by atoms with E-state index < -0.39 is 0 Å². The molecule has 0 amide bonds. The van der Waals surface area contributed by atoms with Crippen LogP contribution in [0.3, 0.4) is 0 Å². The normalized spacial score (nSPS) is 15.0. The van der Waals surface area contributed by atoms with Crippen molar-refractivity contribution in [3.8, 4) is 0 Å². The Balaban J connectivity index is 0.000000410. The van der Waals surface area contributed by atoms with Crippen molar-refractivity contribution in [3.05, 3.63) is 29.3 Å². The molecule has 0 aliphatic carbocycles. The van der Waals surface area contributed by atoms with Crippen molar-refractivity contribution >= 4 is 17.6 Å². The molecule has 0 bridgehead atoms. The lowest BCUT2D eigenvalue weighted by molar-refractivity contribution is -0.145. The summed E-state index contributed by atoms with van der Waals surface area (Å²) in [4.78, 5) is 27.6. The van der Waals surface area contributed by atoms with Crippen molar-refractivity contribution in [1.29, 1.82) is 0 Å². The van der Waals surface area contributed by atoms with Crippen LogP contribution in [0.5, 0.6) is 0 Å². The zero-order valence-electron chi connectivity index (χ0n) is 35.1. The van der Waals surface area contributed by atoms with Gasteiger partial charge in [-0.05, 0) is 35.8 Å². The van der Waals surface area contributed by atoms with Gasteiger partial charge in [-0.1, -0.05) is 137 Å². The van der Waals surface area contributed by atoms with Crippen molar-refractivity contribution in [2.24, 2.45) is 0 Å². The number of nitrogens with zero attached hydrogens (tertiary/aromatic N) is 2. The molecule has 9 heteroatoms. The molecule has 3 rings (SSSR count). The molecule has 0 saturated carbocycles. The van der Waals surface area contributed by atoms with Crippen LogP contribution in [0, 0.1) is 0 Å². The van der Waals surface area contributed by atoms with Crippen molar-refractivity contribution < 1.29 is 28.5 Å². The molecule has 2 aliphatic heterocycles. The number of hydrogen-bond acceptors (Lipinski definition) is 9. The maximum Gasteiger partial charge on any atom is 0.305 e. The fourth-order valence-electron chi connectivity index (χ4n) is 6.43. The van der Waals surface area contributed by atoms with Gasteiger partial charge in [0.2, 0.25) is 0 Å². The Morgan fingerprint density at radius 1 is 0.604 bits per heavy atom. The summed E-state index contributed by atoms with van der Waals surface area (Å²) in [5.41, 5.74) is 9.60. The Labute approximate surface area is 325 Å².